The van der Waals surface area contributed by atoms with Gasteiger partial charge in [0.1, 0.15) is 0 Å². The Balaban J connectivity index is 3.02. The van der Waals surface area contributed by atoms with Gasteiger partial charge in [-0.25, -0.2) is 0 Å². The molecule has 0 saturated carbocycles. The van der Waals surface area contributed by atoms with Crippen molar-refractivity contribution < 1.29 is 5.11 Å². The zero-order valence-corrected chi connectivity index (χ0v) is 10.1. The quantitative estimate of drug-likeness (QED) is 0.836. The Morgan fingerprint density at radius 1 is 1.33 bits per heavy atom. The zero-order valence-electron chi connectivity index (χ0n) is 9.33. The van der Waals surface area contributed by atoms with Crippen LogP contribution < -0.4 is 4.90 Å². The fourth-order valence-corrected chi connectivity index (χ4v) is 1.85. The number of benzene rings is 1. The van der Waals surface area contributed by atoms with Gasteiger partial charge in [-0.15, -0.1) is 0 Å². The third kappa shape index (κ3) is 3.11. The van der Waals surface area contributed by atoms with Crippen molar-refractivity contribution in [2.24, 2.45) is 0 Å². The first-order valence-electron chi connectivity index (χ1n) is 5.37. The van der Waals surface area contributed by atoms with E-state index in [2.05, 4.69) is 18.7 Å². The monoisotopic (exact) mass is 227 g/mol. The fraction of sp³-hybridized carbons (Fsp3) is 0.500. The van der Waals surface area contributed by atoms with Crippen LogP contribution in [-0.2, 0) is 6.61 Å². The summed E-state index contributed by atoms with van der Waals surface area (Å²) in [6, 6.07) is 5.62. The second-order valence-corrected chi connectivity index (χ2v) is 3.95. The van der Waals surface area contributed by atoms with Crippen LogP contribution in [0.15, 0.2) is 18.2 Å². The number of aliphatic hydroxyl groups is 1. The molecule has 1 rings (SSSR count). The molecule has 0 aromatic heterocycles. The molecule has 0 aliphatic carbocycles. The van der Waals surface area contributed by atoms with Crippen molar-refractivity contribution >= 4 is 17.3 Å². The lowest BCUT2D eigenvalue weighted by Gasteiger charge is -2.25. The van der Waals surface area contributed by atoms with E-state index in [1.807, 2.05) is 18.2 Å². The molecule has 0 spiro atoms. The summed E-state index contributed by atoms with van der Waals surface area (Å²) in [5.74, 6) is 0. The first-order chi connectivity index (χ1) is 7.22. The summed E-state index contributed by atoms with van der Waals surface area (Å²) in [4.78, 5) is 2.23. The molecule has 2 nitrogen and oxygen atoms in total. The summed E-state index contributed by atoms with van der Waals surface area (Å²) < 4.78 is 0. The van der Waals surface area contributed by atoms with Crippen LogP contribution in [0.25, 0.3) is 0 Å². The maximum absolute atomic E-state index is 9.25. The van der Waals surface area contributed by atoms with Gasteiger partial charge in [0.05, 0.1) is 6.61 Å². The number of halogens is 1. The number of hydrogen-bond donors (Lipinski definition) is 1. The molecule has 1 N–H and O–H groups in total. The van der Waals surface area contributed by atoms with Gasteiger partial charge in [0.15, 0.2) is 0 Å². The van der Waals surface area contributed by atoms with Crippen LogP contribution in [0.1, 0.15) is 25.8 Å². The average Bonchev–Trinajstić information content (AvgIpc) is 2.26. The average molecular weight is 228 g/mol. The van der Waals surface area contributed by atoms with E-state index in [-0.39, 0.29) is 6.61 Å². The minimum Gasteiger partial charge on any atom is -0.392 e. The Morgan fingerprint density at radius 2 is 2.07 bits per heavy atom. The molecule has 0 aliphatic heterocycles. The molecule has 0 unspecified atom stereocenters. The normalized spacial score (nSPS) is 10.4. The lowest BCUT2D eigenvalue weighted by atomic mass is 10.1. The highest BCUT2D eigenvalue weighted by molar-refractivity contribution is 6.30. The van der Waals surface area contributed by atoms with Crippen molar-refractivity contribution in [1.82, 2.24) is 0 Å². The van der Waals surface area contributed by atoms with Gasteiger partial charge in [-0.3, -0.25) is 0 Å². The predicted molar refractivity (Wildman–Crippen MR) is 65.6 cm³/mol. The number of nitrogens with zero attached hydrogens (tertiary/aromatic N) is 1. The summed E-state index contributed by atoms with van der Waals surface area (Å²) >= 11 is 5.97. The molecule has 0 heterocycles. The molecule has 0 fully saturated rings. The van der Waals surface area contributed by atoms with Gasteiger partial charge in [0.25, 0.3) is 0 Å². The predicted octanol–water partition coefficient (Wildman–Crippen LogP) is 3.07. The lowest BCUT2D eigenvalue weighted by Crippen LogP contribution is -2.24. The van der Waals surface area contributed by atoms with Crippen LogP contribution in [0.5, 0.6) is 0 Å². The van der Waals surface area contributed by atoms with Crippen molar-refractivity contribution in [1.29, 1.82) is 0 Å². The van der Waals surface area contributed by atoms with Gasteiger partial charge in [-0.2, -0.15) is 0 Å². The molecular formula is C12H18ClNO. The number of anilines is 1. The lowest BCUT2D eigenvalue weighted by molar-refractivity contribution is 0.282. The van der Waals surface area contributed by atoms with Crippen LogP contribution in [-0.4, -0.2) is 18.2 Å². The Labute approximate surface area is 96.5 Å². The van der Waals surface area contributed by atoms with Crippen LogP contribution in [0.3, 0.4) is 0 Å². The number of rotatable bonds is 5. The third-order valence-corrected chi connectivity index (χ3v) is 2.67. The summed E-state index contributed by atoms with van der Waals surface area (Å²) in [5.41, 5.74) is 1.99. The molecule has 0 radical (unpaired) electrons. The molecule has 0 amide bonds. The third-order valence-electron chi connectivity index (χ3n) is 2.43. The van der Waals surface area contributed by atoms with E-state index >= 15 is 0 Å². The molecule has 0 atom stereocenters. The minimum absolute atomic E-state index is 0.0622. The van der Waals surface area contributed by atoms with Crippen LogP contribution >= 0.6 is 11.6 Å². The van der Waals surface area contributed by atoms with E-state index in [0.29, 0.717) is 0 Å². The Hall–Kier alpha value is -0.730. The Bertz CT molecular complexity index is 314. The van der Waals surface area contributed by atoms with E-state index in [1.165, 1.54) is 0 Å². The fourth-order valence-electron chi connectivity index (χ4n) is 1.68. The highest BCUT2D eigenvalue weighted by Crippen LogP contribution is 2.25. The highest BCUT2D eigenvalue weighted by atomic mass is 35.5. The van der Waals surface area contributed by atoms with E-state index in [1.54, 1.807) is 0 Å². The molecule has 0 bridgehead atoms. The van der Waals surface area contributed by atoms with E-state index in [0.717, 1.165) is 35.8 Å². The standard InChI is InChI=1S/C12H18ClNO/c1-3-7-14(4-2)12-8-11(13)6-5-10(12)9-15/h5-6,8,15H,3-4,7,9H2,1-2H3. The van der Waals surface area contributed by atoms with Crippen molar-refractivity contribution in [3.8, 4) is 0 Å². The topological polar surface area (TPSA) is 23.5 Å². The molecule has 3 heteroatoms. The van der Waals surface area contributed by atoms with Crippen LogP contribution in [0.4, 0.5) is 5.69 Å². The van der Waals surface area contributed by atoms with Gasteiger partial charge in [0, 0.05) is 29.4 Å². The van der Waals surface area contributed by atoms with Gasteiger partial charge < -0.3 is 10.0 Å². The molecule has 1 aromatic carbocycles. The maximum atomic E-state index is 9.25. The molecule has 84 valence electrons. The summed E-state index contributed by atoms with van der Waals surface area (Å²) in [7, 11) is 0. The van der Waals surface area contributed by atoms with Crippen LogP contribution in [0, 0.1) is 0 Å². The summed E-state index contributed by atoms with van der Waals surface area (Å²) in [6.07, 6.45) is 1.09. The van der Waals surface area contributed by atoms with Crippen molar-refractivity contribution in [3.63, 3.8) is 0 Å². The van der Waals surface area contributed by atoms with Gasteiger partial charge >= 0.3 is 0 Å². The summed E-state index contributed by atoms with van der Waals surface area (Å²) in [5, 5.41) is 9.97. The number of aliphatic hydroxyl groups excluding tert-OH is 1. The Morgan fingerprint density at radius 3 is 2.60 bits per heavy atom. The first-order valence-corrected chi connectivity index (χ1v) is 5.75. The largest absolute Gasteiger partial charge is 0.392 e. The minimum atomic E-state index is 0.0622. The van der Waals surface area contributed by atoms with E-state index in [4.69, 9.17) is 11.6 Å². The van der Waals surface area contributed by atoms with Gasteiger partial charge in [-0.1, -0.05) is 24.6 Å². The van der Waals surface area contributed by atoms with E-state index < -0.39 is 0 Å². The second kappa shape index (κ2) is 5.99. The van der Waals surface area contributed by atoms with E-state index in [9.17, 15) is 5.11 Å². The SMILES string of the molecule is CCCN(CC)c1cc(Cl)ccc1CO. The van der Waals surface area contributed by atoms with Gasteiger partial charge in [-0.05, 0) is 25.5 Å². The highest BCUT2D eigenvalue weighted by Gasteiger charge is 2.08. The second-order valence-electron chi connectivity index (χ2n) is 3.51. The van der Waals surface area contributed by atoms with Gasteiger partial charge in [0.2, 0.25) is 0 Å². The van der Waals surface area contributed by atoms with Crippen molar-refractivity contribution in [3.05, 3.63) is 28.8 Å². The zero-order chi connectivity index (χ0) is 11.3. The Kier molecular flexibility index (Phi) is 4.92. The van der Waals surface area contributed by atoms with Crippen molar-refractivity contribution in [2.45, 2.75) is 26.9 Å². The molecule has 1 aromatic rings. The first kappa shape index (κ1) is 12.3. The molecule has 0 aliphatic rings. The maximum Gasteiger partial charge on any atom is 0.0702 e. The molecule has 15 heavy (non-hydrogen) atoms. The summed E-state index contributed by atoms with van der Waals surface area (Å²) in [6.45, 7) is 6.24. The molecule has 0 saturated heterocycles. The van der Waals surface area contributed by atoms with Crippen LogP contribution in [0.2, 0.25) is 5.02 Å². The number of hydrogen-bond acceptors (Lipinski definition) is 2. The molecular weight excluding hydrogens is 210 g/mol. The smallest absolute Gasteiger partial charge is 0.0702 e. The van der Waals surface area contributed by atoms with Crippen molar-refractivity contribution in [2.75, 3.05) is 18.0 Å².